The van der Waals surface area contributed by atoms with Crippen LogP contribution in [0.4, 0.5) is 5.82 Å². The highest BCUT2D eigenvalue weighted by Gasteiger charge is 2.23. The molecule has 8 heteroatoms. The number of aromatic nitrogens is 6. The molecule has 1 aliphatic rings. The first kappa shape index (κ1) is 17.7. The van der Waals surface area contributed by atoms with Gasteiger partial charge in [0, 0.05) is 49.5 Å². The van der Waals surface area contributed by atoms with E-state index in [4.69, 9.17) is 14.8 Å². The second-order valence-electron chi connectivity index (χ2n) is 7.47. The third-order valence-corrected chi connectivity index (χ3v) is 5.61. The van der Waals surface area contributed by atoms with Crippen molar-refractivity contribution in [2.75, 3.05) is 12.4 Å². The maximum Gasteiger partial charge on any atom is 0.218 e. The first-order chi connectivity index (χ1) is 14.1. The van der Waals surface area contributed by atoms with Gasteiger partial charge in [0.15, 0.2) is 11.6 Å². The number of aryl methyl sites for hydroxylation is 2. The Morgan fingerprint density at radius 3 is 2.76 bits per heavy atom. The third kappa shape index (κ3) is 3.00. The summed E-state index contributed by atoms with van der Waals surface area (Å²) in [6.45, 7) is 2.10. The van der Waals surface area contributed by atoms with Gasteiger partial charge in [-0.05, 0) is 43.4 Å². The number of methoxy groups -OCH3 is 1. The van der Waals surface area contributed by atoms with E-state index < -0.39 is 0 Å². The zero-order valence-corrected chi connectivity index (χ0v) is 16.8. The van der Waals surface area contributed by atoms with Crippen LogP contribution in [0.5, 0.6) is 5.88 Å². The van der Waals surface area contributed by atoms with Crippen LogP contribution in [0, 0.1) is 6.92 Å². The normalized spacial score (nSPS) is 14.2. The first-order valence-electron chi connectivity index (χ1n) is 9.78. The number of ether oxygens (including phenoxy) is 1. The van der Waals surface area contributed by atoms with Crippen molar-refractivity contribution in [1.29, 1.82) is 0 Å². The Hall–Kier alpha value is -3.42. The highest BCUT2D eigenvalue weighted by Crippen LogP contribution is 2.34. The minimum absolute atomic E-state index is 0.460. The summed E-state index contributed by atoms with van der Waals surface area (Å²) >= 11 is 0. The average Bonchev–Trinajstić information content (AvgIpc) is 3.28. The van der Waals surface area contributed by atoms with Gasteiger partial charge in [0.25, 0.3) is 0 Å². The Kier molecular flexibility index (Phi) is 4.19. The molecule has 148 valence electrons. The zero-order chi connectivity index (χ0) is 20.0. The van der Waals surface area contributed by atoms with E-state index in [1.54, 1.807) is 19.5 Å². The summed E-state index contributed by atoms with van der Waals surface area (Å²) < 4.78 is 9.14. The minimum Gasteiger partial charge on any atom is -0.481 e. The van der Waals surface area contributed by atoms with Crippen LogP contribution in [0.25, 0.3) is 28.3 Å². The van der Waals surface area contributed by atoms with E-state index in [0.29, 0.717) is 17.7 Å². The highest BCUT2D eigenvalue weighted by molar-refractivity contribution is 5.83. The smallest absolute Gasteiger partial charge is 0.218 e. The summed E-state index contributed by atoms with van der Waals surface area (Å²) in [5, 5.41) is 8.40. The Balaban J connectivity index is 1.70. The minimum atomic E-state index is 0.460. The van der Waals surface area contributed by atoms with Gasteiger partial charge in [-0.3, -0.25) is 0 Å². The molecule has 1 fully saturated rings. The number of hydrogen-bond acceptors (Lipinski definition) is 6. The van der Waals surface area contributed by atoms with Gasteiger partial charge < -0.3 is 14.6 Å². The first-order valence-corrected chi connectivity index (χ1v) is 9.78. The van der Waals surface area contributed by atoms with Crippen LogP contribution in [-0.2, 0) is 7.05 Å². The molecule has 4 aromatic rings. The molecule has 0 spiro atoms. The van der Waals surface area contributed by atoms with E-state index in [0.717, 1.165) is 33.8 Å². The predicted molar refractivity (Wildman–Crippen MR) is 111 cm³/mol. The van der Waals surface area contributed by atoms with Crippen molar-refractivity contribution in [3.05, 3.63) is 42.5 Å². The molecule has 0 unspecified atom stereocenters. The monoisotopic (exact) mass is 389 g/mol. The Labute approximate surface area is 168 Å². The predicted octanol–water partition coefficient (Wildman–Crippen LogP) is 3.47. The molecule has 4 heterocycles. The molecule has 5 rings (SSSR count). The van der Waals surface area contributed by atoms with Crippen LogP contribution < -0.4 is 10.1 Å². The van der Waals surface area contributed by atoms with Crippen molar-refractivity contribution in [2.24, 2.45) is 7.05 Å². The lowest BCUT2D eigenvalue weighted by molar-refractivity contribution is 0.398. The van der Waals surface area contributed by atoms with E-state index in [2.05, 4.69) is 22.2 Å². The molecule has 1 N–H and O–H groups in total. The molecule has 0 bridgehead atoms. The second-order valence-corrected chi connectivity index (χ2v) is 7.47. The highest BCUT2D eigenvalue weighted by atomic mass is 16.5. The van der Waals surface area contributed by atoms with E-state index in [1.165, 1.54) is 19.3 Å². The van der Waals surface area contributed by atoms with Gasteiger partial charge in [-0.15, -0.1) is 5.10 Å². The summed E-state index contributed by atoms with van der Waals surface area (Å²) in [7, 11) is 3.57. The molecular formula is C21H23N7O. The van der Waals surface area contributed by atoms with Crippen molar-refractivity contribution in [2.45, 2.75) is 32.2 Å². The Morgan fingerprint density at radius 2 is 2.07 bits per heavy atom. The summed E-state index contributed by atoms with van der Waals surface area (Å²) in [5.74, 6) is 2.78. The van der Waals surface area contributed by atoms with Crippen LogP contribution >= 0.6 is 0 Å². The largest absolute Gasteiger partial charge is 0.481 e. The summed E-state index contributed by atoms with van der Waals surface area (Å²) in [6, 6.07) is 4.38. The number of pyridine rings is 1. The lowest BCUT2D eigenvalue weighted by Crippen LogP contribution is -2.28. The molecule has 0 aliphatic heterocycles. The Bertz CT molecular complexity index is 1190. The number of anilines is 1. The number of hydrogen-bond donors (Lipinski definition) is 1. The van der Waals surface area contributed by atoms with Gasteiger partial charge in [-0.2, -0.15) is 0 Å². The summed E-state index contributed by atoms with van der Waals surface area (Å²) in [4.78, 5) is 13.5. The van der Waals surface area contributed by atoms with Crippen LogP contribution in [0.2, 0.25) is 0 Å². The molecule has 4 aromatic heterocycles. The van der Waals surface area contributed by atoms with Crippen LogP contribution in [-0.4, -0.2) is 42.3 Å². The van der Waals surface area contributed by atoms with Gasteiger partial charge in [0.2, 0.25) is 11.7 Å². The van der Waals surface area contributed by atoms with Gasteiger partial charge >= 0.3 is 0 Å². The average molecular weight is 389 g/mol. The number of rotatable bonds is 5. The molecule has 1 saturated carbocycles. The zero-order valence-electron chi connectivity index (χ0n) is 16.8. The molecule has 0 amide bonds. The summed E-state index contributed by atoms with van der Waals surface area (Å²) in [5.41, 5.74) is 4.22. The fraction of sp³-hybridized carbons (Fsp3) is 0.333. The van der Waals surface area contributed by atoms with Crippen molar-refractivity contribution < 1.29 is 4.74 Å². The number of fused-ring (bicyclic) bond motifs is 1. The Morgan fingerprint density at radius 1 is 1.21 bits per heavy atom. The molecule has 0 atom stereocenters. The molecule has 8 nitrogen and oxygen atoms in total. The van der Waals surface area contributed by atoms with Gasteiger partial charge in [0.05, 0.1) is 7.11 Å². The maximum atomic E-state index is 5.30. The van der Waals surface area contributed by atoms with Crippen molar-refractivity contribution in [3.8, 4) is 28.7 Å². The lowest BCUT2D eigenvalue weighted by Gasteiger charge is -2.27. The number of imidazole rings is 1. The molecule has 29 heavy (non-hydrogen) atoms. The van der Waals surface area contributed by atoms with Crippen LogP contribution in [0.15, 0.2) is 36.9 Å². The second kappa shape index (κ2) is 6.88. The van der Waals surface area contributed by atoms with Gasteiger partial charge in [-0.1, -0.05) is 0 Å². The standard InChI is InChI=1S/C21H23N7O/c1-13-16(14-7-8-22-17(11-14)29-3)12-28-18(13)19(24-15-5-4-6-15)25-20(26-28)21-23-9-10-27(21)2/h7-12,15H,4-6H2,1-3H3,(H,24,25,26). The molecule has 0 aromatic carbocycles. The van der Waals surface area contributed by atoms with E-state index >= 15 is 0 Å². The SMILES string of the molecule is COc1cc(-c2cn3nc(-c4nccn4C)nc(NC4CCC4)c3c2C)ccn1. The van der Waals surface area contributed by atoms with E-state index in [9.17, 15) is 0 Å². The van der Waals surface area contributed by atoms with Crippen molar-refractivity contribution >= 4 is 11.3 Å². The maximum absolute atomic E-state index is 5.30. The lowest BCUT2D eigenvalue weighted by atomic mass is 9.93. The van der Waals surface area contributed by atoms with Gasteiger partial charge in [-0.25, -0.2) is 19.5 Å². The van der Waals surface area contributed by atoms with Crippen LogP contribution in [0.3, 0.4) is 0 Å². The van der Waals surface area contributed by atoms with Crippen molar-refractivity contribution in [3.63, 3.8) is 0 Å². The van der Waals surface area contributed by atoms with Gasteiger partial charge in [0.1, 0.15) is 5.52 Å². The fourth-order valence-corrected chi connectivity index (χ4v) is 3.73. The topological polar surface area (TPSA) is 82.2 Å². The fourth-order valence-electron chi connectivity index (χ4n) is 3.73. The quantitative estimate of drug-likeness (QED) is 0.563. The third-order valence-electron chi connectivity index (χ3n) is 5.61. The molecule has 0 saturated heterocycles. The molecule has 1 aliphatic carbocycles. The van der Waals surface area contributed by atoms with Crippen molar-refractivity contribution in [1.82, 2.24) is 29.1 Å². The summed E-state index contributed by atoms with van der Waals surface area (Å²) in [6.07, 6.45) is 11.1. The number of nitrogens with one attached hydrogen (secondary N) is 1. The molecular weight excluding hydrogens is 366 g/mol. The molecule has 0 radical (unpaired) electrons. The van der Waals surface area contributed by atoms with E-state index in [1.807, 2.05) is 40.7 Å². The van der Waals surface area contributed by atoms with Crippen LogP contribution in [0.1, 0.15) is 24.8 Å². The van der Waals surface area contributed by atoms with E-state index in [-0.39, 0.29) is 0 Å². The number of nitrogens with zero attached hydrogens (tertiary/aromatic N) is 6.